The molecular formula is C11H15F3N2O3S. The van der Waals surface area contributed by atoms with E-state index in [0.29, 0.717) is 31.4 Å². The summed E-state index contributed by atoms with van der Waals surface area (Å²) in [4.78, 5) is 0. The van der Waals surface area contributed by atoms with E-state index in [-0.39, 0.29) is 0 Å². The van der Waals surface area contributed by atoms with Crippen LogP contribution in [0.5, 0.6) is 0 Å². The Kier molecular flexibility index (Phi) is 5.39. The molecule has 20 heavy (non-hydrogen) atoms. The molecule has 9 heteroatoms. The molecule has 1 aliphatic rings. The van der Waals surface area contributed by atoms with Crippen LogP contribution in [0.1, 0.15) is 32.1 Å². The molecular weight excluding hydrogens is 297 g/mol. The summed E-state index contributed by atoms with van der Waals surface area (Å²) >= 11 is 0. The van der Waals surface area contributed by atoms with Gasteiger partial charge in [0.25, 0.3) is 0 Å². The third kappa shape index (κ3) is 4.67. The second-order valence-corrected chi connectivity index (χ2v) is 7.03. The van der Waals surface area contributed by atoms with Crippen molar-refractivity contribution in [2.75, 3.05) is 5.75 Å². The second kappa shape index (κ2) is 6.43. The van der Waals surface area contributed by atoms with Crippen LogP contribution in [0.3, 0.4) is 0 Å². The molecule has 5 nitrogen and oxygen atoms in total. The van der Waals surface area contributed by atoms with Crippen molar-refractivity contribution in [2.45, 2.75) is 43.5 Å². The highest BCUT2D eigenvalue weighted by molar-refractivity contribution is 7.92. The van der Waals surface area contributed by atoms with Crippen LogP contribution in [0.15, 0.2) is 5.16 Å². The Bertz CT molecular complexity index is 498. The molecule has 114 valence electrons. The Labute approximate surface area is 115 Å². The molecule has 1 rings (SSSR count). The Morgan fingerprint density at radius 1 is 1.40 bits per heavy atom. The smallest absolute Gasteiger partial charge is 0.390 e. The summed E-state index contributed by atoms with van der Waals surface area (Å²) in [5.74, 6) is -1.57. The lowest BCUT2D eigenvalue weighted by Crippen LogP contribution is -2.34. The van der Waals surface area contributed by atoms with Crippen LogP contribution in [0, 0.1) is 17.2 Å². The maximum Gasteiger partial charge on any atom is 0.390 e. The molecule has 0 aliphatic heterocycles. The van der Waals surface area contributed by atoms with E-state index in [0.717, 1.165) is 0 Å². The zero-order chi connectivity index (χ0) is 15.4. The number of rotatable bonds is 4. The van der Waals surface area contributed by atoms with Gasteiger partial charge in [-0.25, -0.2) is 8.42 Å². The SMILES string of the molecule is N#CC(C1CCC(=NO)CC1)S(=O)(=O)CCC(F)(F)F. The van der Waals surface area contributed by atoms with Crippen LogP contribution in [0.2, 0.25) is 0 Å². The first kappa shape index (κ1) is 16.8. The fraction of sp³-hybridized carbons (Fsp3) is 0.818. The molecule has 0 aromatic rings. The quantitative estimate of drug-likeness (QED) is 0.637. The Balaban J connectivity index is 2.73. The van der Waals surface area contributed by atoms with Gasteiger partial charge in [0.1, 0.15) is 0 Å². The van der Waals surface area contributed by atoms with Crippen molar-refractivity contribution in [3.8, 4) is 6.07 Å². The number of hydrogen-bond donors (Lipinski definition) is 1. The van der Waals surface area contributed by atoms with Gasteiger partial charge < -0.3 is 5.21 Å². The van der Waals surface area contributed by atoms with E-state index in [2.05, 4.69) is 5.16 Å². The normalized spacial score (nSPS) is 22.1. The molecule has 0 bridgehead atoms. The number of halogens is 3. The molecule has 1 aliphatic carbocycles. The third-order valence-corrected chi connectivity index (χ3v) is 5.40. The van der Waals surface area contributed by atoms with Gasteiger partial charge >= 0.3 is 6.18 Å². The second-order valence-electron chi connectivity index (χ2n) is 4.79. The highest BCUT2D eigenvalue weighted by atomic mass is 32.2. The minimum atomic E-state index is -4.56. The predicted molar refractivity (Wildman–Crippen MR) is 65.0 cm³/mol. The van der Waals surface area contributed by atoms with E-state index in [1.807, 2.05) is 0 Å². The molecule has 0 spiro atoms. The molecule has 0 aromatic carbocycles. The fourth-order valence-electron chi connectivity index (χ4n) is 2.24. The lowest BCUT2D eigenvalue weighted by molar-refractivity contribution is -0.129. The molecule has 0 saturated heterocycles. The fourth-order valence-corrected chi connectivity index (χ4v) is 4.03. The predicted octanol–water partition coefficient (Wildman–Crippen LogP) is 2.27. The number of oxime groups is 1. The van der Waals surface area contributed by atoms with Crippen LogP contribution in [-0.4, -0.2) is 36.5 Å². The summed E-state index contributed by atoms with van der Waals surface area (Å²) in [6.07, 6.45) is -4.64. The van der Waals surface area contributed by atoms with Crippen molar-refractivity contribution in [2.24, 2.45) is 11.1 Å². The van der Waals surface area contributed by atoms with Crippen LogP contribution >= 0.6 is 0 Å². The van der Waals surface area contributed by atoms with Crippen LogP contribution in [0.25, 0.3) is 0 Å². The minimum absolute atomic E-state index is 0.322. The van der Waals surface area contributed by atoms with Crippen molar-refractivity contribution < 1.29 is 26.8 Å². The number of nitrogens with zero attached hydrogens (tertiary/aromatic N) is 2. The van der Waals surface area contributed by atoms with Gasteiger partial charge in [-0.15, -0.1) is 0 Å². The van der Waals surface area contributed by atoms with E-state index in [9.17, 15) is 21.6 Å². The summed E-state index contributed by atoms with van der Waals surface area (Å²) in [5, 5.41) is 19.2. The van der Waals surface area contributed by atoms with E-state index in [1.54, 1.807) is 6.07 Å². The van der Waals surface area contributed by atoms with Gasteiger partial charge in [-0.1, -0.05) is 5.16 Å². The molecule has 0 radical (unpaired) electrons. The molecule has 1 unspecified atom stereocenters. The van der Waals surface area contributed by atoms with Crippen molar-refractivity contribution in [3.05, 3.63) is 0 Å². The standard InChI is InChI=1S/C11H15F3N2O3S/c12-11(13,14)5-6-20(18,19)10(7-15)8-1-3-9(16-17)4-2-8/h8,10,17H,1-6H2. The maximum atomic E-state index is 12.1. The summed E-state index contributed by atoms with van der Waals surface area (Å²) in [6, 6.07) is 1.62. The first-order valence-corrected chi connectivity index (χ1v) is 7.79. The number of nitriles is 1. The summed E-state index contributed by atoms with van der Waals surface area (Å²) in [6.45, 7) is 0. The molecule has 1 N–H and O–H groups in total. The third-order valence-electron chi connectivity index (χ3n) is 3.36. The maximum absolute atomic E-state index is 12.1. The lowest BCUT2D eigenvalue weighted by atomic mass is 9.86. The average molecular weight is 312 g/mol. The molecule has 0 heterocycles. The number of alkyl halides is 3. The lowest BCUT2D eigenvalue weighted by Gasteiger charge is -2.26. The average Bonchev–Trinajstić information content (AvgIpc) is 2.37. The molecule has 0 aromatic heterocycles. The Morgan fingerprint density at radius 2 is 1.95 bits per heavy atom. The van der Waals surface area contributed by atoms with Crippen molar-refractivity contribution >= 4 is 15.5 Å². The monoisotopic (exact) mass is 312 g/mol. The highest BCUT2D eigenvalue weighted by Gasteiger charge is 2.38. The summed E-state index contributed by atoms with van der Waals surface area (Å²) in [5.41, 5.74) is 0.519. The topological polar surface area (TPSA) is 90.5 Å². The first-order valence-electron chi connectivity index (χ1n) is 6.07. The van der Waals surface area contributed by atoms with Crippen LogP contribution in [0.4, 0.5) is 13.2 Å². The largest absolute Gasteiger partial charge is 0.411 e. The zero-order valence-electron chi connectivity index (χ0n) is 10.6. The van der Waals surface area contributed by atoms with Gasteiger partial charge in [0.2, 0.25) is 0 Å². The van der Waals surface area contributed by atoms with Crippen molar-refractivity contribution in [1.29, 1.82) is 5.26 Å². The van der Waals surface area contributed by atoms with Crippen molar-refractivity contribution in [3.63, 3.8) is 0 Å². The number of sulfone groups is 1. The van der Waals surface area contributed by atoms with Gasteiger partial charge in [0, 0.05) is 0 Å². The van der Waals surface area contributed by atoms with E-state index in [1.165, 1.54) is 0 Å². The van der Waals surface area contributed by atoms with E-state index in [4.69, 9.17) is 10.5 Å². The van der Waals surface area contributed by atoms with Crippen LogP contribution in [-0.2, 0) is 9.84 Å². The Morgan fingerprint density at radius 3 is 2.35 bits per heavy atom. The van der Waals surface area contributed by atoms with Crippen molar-refractivity contribution in [1.82, 2.24) is 0 Å². The number of hydrogen-bond acceptors (Lipinski definition) is 5. The molecule has 1 atom stereocenters. The summed E-state index contributed by atoms with van der Waals surface area (Å²) < 4.78 is 60.0. The van der Waals surface area contributed by atoms with Crippen LogP contribution < -0.4 is 0 Å². The zero-order valence-corrected chi connectivity index (χ0v) is 11.4. The van der Waals surface area contributed by atoms with Gasteiger partial charge in [-0.05, 0) is 31.6 Å². The van der Waals surface area contributed by atoms with E-state index < -0.39 is 39.4 Å². The molecule has 1 fully saturated rings. The minimum Gasteiger partial charge on any atom is -0.411 e. The van der Waals surface area contributed by atoms with Gasteiger partial charge in [0.15, 0.2) is 15.1 Å². The van der Waals surface area contributed by atoms with Gasteiger partial charge in [-0.3, -0.25) is 0 Å². The van der Waals surface area contributed by atoms with Gasteiger partial charge in [-0.2, -0.15) is 18.4 Å². The molecule has 0 amide bonds. The highest BCUT2D eigenvalue weighted by Crippen LogP contribution is 2.30. The van der Waals surface area contributed by atoms with Gasteiger partial charge in [0.05, 0.1) is 24.0 Å². The Hall–Kier alpha value is -1.30. The molecule has 1 saturated carbocycles. The first-order chi connectivity index (χ1) is 9.19. The summed E-state index contributed by atoms with van der Waals surface area (Å²) in [7, 11) is -4.11. The van der Waals surface area contributed by atoms with E-state index >= 15 is 0 Å².